The van der Waals surface area contributed by atoms with E-state index in [2.05, 4.69) is 0 Å². The van der Waals surface area contributed by atoms with Crippen molar-refractivity contribution >= 4 is 17.9 Å². The predicted molar refractivity (Wildman–Crippen MR) is 424 cm³/mol. The normalized spacial score (nSPS) is 23.3. The third-order valence-corrected chi connectivity index (χ3v) is 18.8. The van der Waals surface area contributed by atoms with Gasteiger partial charge in [0.05, 0.1) is 165 Å². The van der Waals surface area contributed by atoms with E-state index in [-0.39, 0.29) is 92.5 Å². The molecule has 0 unspecified atom stereocenters. The van der Waals surface area contributed by atoms with E-state index in [4.69, 9.17) is 114 Å². The molecule has 7 aromatic carbocycles. The lowest BCUT2D eigenvalue weighted by atomic mass is 9.95. The molecule has 0 saturated carbocycles. The Hall–Kier alpha value is -7.89. The minimum Gasteiger partial charge on any atom is -0.463 e. The maximum absolute atomic E-state index is 14.0. The number of ether oxygens (including phenoxy) is 24. The topological polar surface area (TPSA) is 273 Å². The van der Waals surface area contributed by atoms with Crippen LogP contribution < -0.4 is 0 Å². The number of benzene rings is 7. The predicted octanol–water partition coefficient (Wildman–Crippen LogP) is 10.5. The van der Waals surface area contributed by atoms with E-state index in [0.717, 1.165) is 38.9 Å². The molecular weight excluding hydrogens is 1510 g/mol. The van der Waals surface area contributed by atoms with Crippen LogP contribution in [0.5, 0.6) is 0 Å². The lowest BCUT2D eigenvalue weighted by Gasteiger charge is -2.50. The SMILES string of the molecule is COCCOCCOCCOCCOCCOCCOCCOCCO[C@H]1O[C@H](CO[C@H]2O[C@H](COC(C)=O)[C@@H](OCc3ccccc3)[C@H](OC(C)=O)[C@@H]2OCc2ccccc2)[C@@H](OCc2ccccc2)[C@H](O[C@H]2O[C@H](COCc3ccccc3)[C@@H](OCc3ccccc3)[C@H](OCc3ccccc3)[C@@H]2OC(C)=O)[C@@H]1OCc1ccccc1. The van der Waals surface area contributed by atoms with E-state index in [1.54, 1.807) is 7.11 Å². The molecule has 3 aliphatic heterocycles. The molecule has 0 aliphatic carbocycles. The average Bonchev–Trinajstić information content (AvgIpc) is 0.767. The summed E-state index contributed by atoms with van der Waals surface area (Å²) in [6, 6.07) is 67.0. The molecule has 117 heavy (non-hydrogen) atoms. The highest BCUT2D eigenvalue weighted by Gasteiger charge is 2.57. The van der Waals surface area contributed by atoms with Gasteiger partial charge in [0.15, 0.2) is 31.1 Å². The highest BCUT2D eigenvalue weighted by atomic mass is 16.8. The van der Waals surface area contributed by atoms with Gasteiger partial charge < -0.3 is 114 Å². The number of carbonyl (C=O) groups excluding carboxylic acids is 3. The summed E-state index contributed by atoms with van der Waals surface area (Å²) < 4.78 is 155. The minimum absolute atomic E-state index is 0.00128. The van der Waals surface area contributed by atoms with Gasteiger partial charge in [-0.3, -0.25) is 14.4 Å². The number of rotatable bonds is 56. The van der Waals surface area contributed by atoms with Gasteiger partial charge in [-0.05, 0) is 38.9 Å². The summed E-state index contributed by atoms with van der Waals surface area (Å²) in [5, 5.41) is 0. The number of methoxy groups -OCH3 is 1. The van der Waals surface area contributed by atoms with Gasteiger partial charge in [-0.25, -0.2) is 0 Å². The van der Waals surface area contributed by atoms with Crippen molar-refractivity contribution in [3.05, 3.63) is 251 Å². The number of hydrogen-bond acceptors (Lipinski definition) is 27. The summed E-state index contributed by atoms with van der Waals surface area (Å²) in [4.78, 5) is 40.3. The third kappa shape index (κ3) is 33.0. The molecule has 3 heterocycles. The minimum atomic E-state index is -1.52. The fourth-order valence-corrected chi connectivity index (χ4v) is 13.2. The molecule has 3 aliphatic rings. The molecular formula is C90H114O27. The van der Waals surface area contributed by atoms with E-state index in [1.807, 2.05) is 212 Å². The Bertz CT molecular complexity index is 3750. The zero-order chi connectivity index (χ0) is 81.5. The second-order valence-electron chi connectivity index (χ2n) is 27.7. The second-order valence-corrected chi connectivity index (χ2v) is 27.7. The number of esters is 3. The van der Waals surface area contributed by atoms with Gasteiger partial charge in [0.1, 0.15) is 67.6 Å². The maximum atomic E-state index is 14.0. The van der Waals surface area contributed by atoms with Crippen LogP contribution in [0.15, 0.2) is 212 Å². The number of hydrogen-bond donors (Lipinski definition) is 0. The van der Waals surface area contributed by atoms with Crippen LogP contribution in [0, 0.1) is 0 Å². The zero-order valence-electron chi connectivity index (χ0n) is 67.3. The second kappa shape index (κ2) is 53.6. The van der Waals surface area contributed by atoms with Crippen LogP contribution in [0.1, 0.15) is 59.7 Å². The van der Waals surface area contributed by atoms with E-state index in [0.29, 0.717) is 79.3 Å². The number of carbonyl (C=O) groups is 3. The van der Waals surface area contributed by atoms with Crippen molar-refractivity contribution in [3.63, 3.8) is 0 Å². The molecule has 3 fully saturated rings. The van der Waals surface area contributed by atoms with Crippen LogP contribution in [0.25, 0.3) is 0 Å². The van der Waals surface area contributed by atoms with E-state index >= 15 is 0 Å². The van der Waals surface area contributed by atoms with Crippen molar-refractivity contribution in [2.45, 2.75) is 159 Å². The molecule has 0 spiro atoms. The molecule has 27 nitrogen and oxygen atoms in total. The van der Waals surface area contributed by atoms with E-state index in [1.165, 1.54) is 20.8 Å². The monoisotopic (exact) mass is 1630 g/mol. The summed E-state index contributed by atoms with van der Waals surface area (Å²) >= 11 is 0. The van der Waals surface area contributed by atoms with Crippen LogP contribution in [0.3, 0.4) is 0 Å². The van der Waals surface area contributed by atoms with Crippen molar-refractivity contribution in [2.24, 2.45) is 0 Å². The van der Waals surface area contributed by atoms with E-state index < -0.39 is 110 Å². The molecule has 3 saturated heterocycles. The Morgan fingerprint density at radius 2 is 0.530 bits per heavy atom. The van der Waals surface area contributed by atoms with Gasteiger partial charge in [0.2, 0.25) is 0 Å². The highest BCUT2D eigenvalue weighted by Crippen LogP contribution is 2.39. The first-order valence-corrected chi connectivity index (χ1v) is 40.0. The Balaban J connectivity index is 0.958. The molecule has 7 aromatic rings. The Morgan fingerprint density at radius 1 is 0.248 bits per heavy atom. The molecule has 0 aromatic heterocycles. The highest BCUT2D eigenvalue weighted by molar-refractivity contribution is 5.67. The van der Waals surface area contributed by atoms with Crippen molar-refractivity contribution in [1.82, 2.24) is 0 Å². The third-order valence-electron chi connectivity index (χ3n) is 18.8. The zero-order valence-corrected chi connectivity index (χ0v) is 67.3. The molecule has 0 bridgehead atoms. The Kier molecular flexibility index (Phi) is 41.9. The first kappa shape index (κ1) is 91.4. The van der Waals surface area contributed by atoms with Crippen molar-refractivity contribution < 1.29 is 128 Å². The quantitative estimate of drug-likeness (QED) is 0.0195. The van der Waals surface area contributed by atoms with Gasteiger partial charge in [0.25, 0.3) is 0 Å². The average molecular weight is 1630 g/mol. The molecule has 27 heteroatoms. The van der Waals surface area contributed by atoms with Crippen LogP contribution in [-0.2, 0) is 174 Å². The van der Waals surface area contributed by atoms with Gasteiger partial charge in [0, 0.05) is 27.9 Å². The molecule has 0 N–H and O–H groups in total. The van der Waals surface area contributed by atoms with Gasteiger partial charge in [-0.2, -0.15) is 0 Å². The van der Waals surface area contributed by atoms with Crippen molar-refractivity contribution in [2.75, 3.05) is 133 Å². The van der Waals surface area contributed by atoms with E-state index in [9.17, 15) is 14.4 Å². The Labute approximate surface area is 685 Å². The largest absolute Gasteiger partial charge is 0.463 e. The summed E-state index contributed by atoms with van der Waals surface area (Å²) in [5.41, 5.74) is 5.76. The summed E-state index contributed by atoms with van der Waals surface area (Å²) in [6.07, 6.45) is -18.3. The molecule has 0 amide bonds. The lowest BCUT2D eigenvalue weighted by molar-refractivity contribution is -0.380. The van der Waals surface area contributed by atoms with Gasteiger partial charge in [-0.15, -0.1) is 0 Å². The van der Waals surface area contributed by atoms with Crippen LogP contribution in [0.2, 0.25) is 0 Å². The summed E-state index contributed by atoms with van der Waals surface area (Å²) in [7, 11) is 1.63. The first-order valence-electron chi connectivity index (χ1n) is 40.0. The van der Waals surface area contributed by atoms with Crippen LogP contribution >= 0.6 is 0 Å². The Morgan fingerprint density at radius 3 is 0.897 bits per heavy atom. The van der Waals surface area contributed by atoms with Crippen LogP contribution in [0.4, 0.5) is 0 Å². The van der Waals surface area contributed by atoms with Crippen molar-refractivity contribution in [1.29, 1.82) is 0 Å². The summed E-state index contributed by atoms with van der Waals surface area (Å²) in [5.74, 6) is -1.92. The maximum Gasteiger partial charge on any atom is 0.303 e. The van der Waals surface area contributed by atoms with Gasteiger partial charge in [-0.1, -0.05) is 212 Å². The molecule has 0 radical (unpaired) electrons. The summed E-state index contributed by atoms with van der Waals surface area (Å²) in [6.45, 7) is 9.16. The molecule has 636 valence electrons. The van der Waals surface area contributed by atoms with Gasteiger partial charge >= 0.3 is 17.9 Å². The molecule has 15 atom stereocenters. The first-order chi connectivity index (χ1) is 57.5. The van der Waals surface area contributed by atoms with Crippen molar-refractivity contribution in [3.8, 4) is 0 Å². The molecule has 10 rings (SSSR count). The standard InChI is InChI=1S/C90H114O27/c1-66(91)104-64-77-80(106-58-71-30-16-7-17-31-71)83(112-67(2)92)85(109-61-74-36-22-10-23-37-74)89(115-77)111-65-78-81(107-59-72-32-18-8-19-33-72)84(86(110-62-75-38-24-11-25-39-75)88(114-78)103-55-54-101-53-52-100-51-50-99-49-48-98-47-46-97-45-44-96-43-42-95-41-40-94-4)117-90-87(113-68(3)93)82(108-60-73-34-20-9-21-35-73)79(105-57-70-28-14-6-15-29-70)76(116-90)63-102-56-69-26-12-5-13-27-69/h5-39,76-90H,40-65H2,1-4H3/t76-,77-,78-,79-,80-,81-,82+,83+,84+,85+,86+,87+,88+,89+,90-/m1/s1. The fourth-order valence-electron chi connectivity index (χ4n) is 13.2. The smallest absolute Gasteiger partial charge is 0.303 e. The lowest BCUT2D eigenvalue weighted by Crippen LogP contribution is -2.67. The van der Waals surface area contributed by atoms with Crippen LogP contribution in [-0.4, -0.2) is 243 Å². The fraction of sp³-hybridized carbons (Fsp3) is 0.500.